The van der Waals surface area contributed by atoms with Crippen molar-refractivity contribution in [2.45, 2.75) is 31.8 Å². The van der Waals surface area contributed by atoms with E-state index < -0.39 is 0 Å². The number of piperidine rings is 1. The fourth-order valence-corrected chi connectivity index (χ4v) is 2.94. The fraction of sp³-hybridized carbons (Fsp3) is 0.533. The summed E-state index contributed by atoms with van der Waals surface area (Å²) < 4.78 is 6.34. The van der Waals surface area contributed by atoms with Gasteiger partial charge in [-0.1, -0.05) is 22.4 Å². The Hall–Kier alpha value is -0.780. The molecule has 1 N–H and O–H groups in total. The van der Waals surface area contributed by atoms with Crippen molar-refractivity contribution in [3.8, 4) is 5.75 Å². The summed E-state index contributed by atoms with van der Waals surface area (Å²) in [6.45, 7) is 1.49. The molecule has 1 atom stereocenters. The van der Waals surface area contributed by atoms with Crippen molar-refractivity contribution in [1.82, 2.24) is 10.2 Å². The van der Waals surface area contributed by atoms with Crippen LogP contribution in [-0.2, 0) is 11.3 Å². The summed E-state index contributed by atoms with van der Waals surface area (Å²) >= 11 is 3.46. The molecule has 0 radical (unpaired) electrons. The van der Waals surface area contributed by atoms with Crippen LogP contribution in [0.1, 0.15) is 24.8 Å². The van der Waals surface area contributed by atoms with E-state index >= 15 is 0 Å². The molecular formula is C15H22BrClN2O2. The molecule has 1 fully saturated rings. The Labute approximate surface area is 140 Å². The molecule has 1 aromatic rings. The summed E-state index contributed by atoms with van der Waals surface area (Å²) in [5.74, 6) is 0.969. The predicted molar refractivity (Wildman–Crippen MR) is 90.1 cm³/mol. The van der Waals surface area contributed by atoms with Crippen LogP contribution in [-0.4, -0.2) is 37.6 Å². The number of carbonyl (C=O) groups is 1. The number of methoxy groups -OCH3 is 1. The van der Waals surface area contributed by atoms with Gasteiger partial charge in [-0.05, 0) is 37.6 Å². The minimum atomic E-state index is -0.0353. The lowest BCUT2D eigenvalue weighted by Crippen LogP contribution is -2.47. The molecule has 1 aromatic carbocycles. The van der Waals surface area contributed by atoms with Crippen LogP contribution in [0.4, 0.5) is 0 Å². The zero-order valence-corrected chi connectivity index (χ0v) is 14.8. The van der Waals surface area contributed by atoms with Gasteiger partial charge in [-0.2, -0.15) is 0 Å². The average Bonchev–Trinajstić information content (AvgIpc) is 2.47. The number of rotatable bonds is 4. The van der Waals surface area contributed by atoms with E-state index in [1.54, 1.807) is 12.0 Å². The molecule has 1 saturated heterocycles. The fourth-order valence-electron chi connectivity index (χ4n) is 2.53. The van der Waals surface area contributed by atoms with Gasteiger partial charge in [-0.3, -0.25) is 4.79 Å². The van der Waals surface area contributed by atoms with Crippen LogP contribution >= 0.6 is 28.3 Å². The number of hydrogen-bond acceptors (Lipinski definition) is 3. The Balaban J connectivity index is 0.00000220. The number of halogens is 2. The van der Waals surface area contributed by atoms with Gasteiger partial charge in [0.1, 0.15) is 5.75 Å². The highest BCUT2D eigenvalue weighted by molar-refractivity contribution is 9.10. The van der Waals surface area contributed by atoms with Crippen LogP contribution < -0.4 is 10.1 Å². The quantitative estimate of drug-likeness (QED) is 0.877. The van der Waals surface area contributed by atoms with E-state index in [4.69, 9.17) is 4.74 Å². The van der Waals surface area contributed by atoms with Crippen LogP contribution in [0.3, 0.4) is 0 Å². The first-order chi connectivity index (χ1) is 9.61. The van der Waals surface area contributed by atoms with Gasteiger partial charge < -0.3 is 15.0 Å². The topological polar surface area (TPSA) is 41.6 Å². The number of likely N-dealkylation sites (N-methyl/N-ethyl adjacent to an activating group) is 1. The smallest absolute Gasteiger partial charge is 0.239 e. The van der Waals surface area contributed by atoms with Crippen molar-refractivity contribution < 1.29 is 9.53 Å². The normalized spacial score (nSPS) is 17.8. The van der Waals surface area contributed by atoms with E-state index in [-0.39, 0.29) is 24.4 Å². The second kappa shape index (κ2) is 8.61. The first-order valence-electron chi connectivity index (χ1n) is 6.92. The maximum absolute atomic E-state index is 12.4. The molecule has 1 amide bonds. The van der Waals surface area contributed by atoms with E-state index in [9.17, 15) is 4.79 Å². The number of amides is 1. The third kappa shape index (κ3) is 4.87. The zero-order chi connectivity index (χ0) is 14.5. The van der Waals surface area contributed by atoms with E-state index in [1.807, 2.05) is 25.2 Å². The third-order valence-electron chi connectivity index (χ3n) is 3.63. The lowest BCUT2D eigenvalue weighted by Gasteiger charge is -2.28. The van der Waals surface area contributed by atoms with Crippen molar-refractivity contribution in [1.29, 1.82) is 0 Å². The Kier molecular flexibility index (Phi) is 7.49. The Morgan fingerprint density at radius 1 is 1.48 bits per heavy atom. The van der Waals surface area contributed by atoms with Crippen molar-refractivity contribution >= 4 is 34.2 Å². The van der Waals surface area contributed by atoms with Gasteiger partial charge in [0.05, 0.1) is 13.2 Å². The molecule has 118 valence electrons. The summed E-state index contributed by atoms with van der Waals surface area (Å²) in [5, 5.41) is 3.29. The monoisotopic (exact) mass is 376 g/mol. The number of ether oxygens (including phenoxy) is 1. The SMILES string of the molecule is COc1ccc(Br)cc1CN(C)C(=O)[C@@H]1CCCCN1.Cl. The molecule has 6 heteroatoms. The highest BCUT2D eigenvalue weighted by Gasteiger charge is 2.24. The second-order valence-corrected chi connectivity index (χ2v) is 6.07. The van der Waals surface area contributed by atoms with Gasteiger partial charge in [0.15, 0.2) is 0 Å². The van der Waals surface area contributed by atoms with Crippen LogP contribution in [0, 0.1) is 0 Å². The predicted octanol–water partition coefficient (Wildman–Crippen LogP) is 2.98. The lowest BCUT2D eigenvalue weighted by molar-refractivity contribution is -0.133. The summed E-state index contributed by atoms with van der Waals surface area (Å²) in [5.41, 5.74) is 1.01. The minimum absolute atomic E-state index is 0. The van der Waals surface area contributed by atoms with Crippen LogP contribution in [0.5, 0.6) is 5.75 Å². The van der Waals surface area contributed by atoms with E-state index in [2.05, 4.69) is 21.2 Å². The third-order valence-corrected chi connectivity index (χ3v) is 4.13. The summed E-state index contributed by atoms with van der Waals surface area (Å²) in [6, 6.07) is 5.81. The molecule has 21 heavy (non-hydrogen) atoms. The minimum Gasteiger partial charge on any atom is -0.496 e. The van der Waals surface area contributed by atoms with E-state index in [0.29, 0.717) is 6.54 Å². The first kappa shape index (κ1) is 18.3. The van der Waals surface area contributed by atoms with Crippen molar-refractivity contribution in [3.63, 3.8) is 0 Å². The van der Waals surface area contributed by atoms with Gasteiger partial charge >= 0.3 is 0 Å². The molecule has 0 saturated carbocycles. The summed E-state index contributed by atoms with van der Waals surface area (Å²) in [6.07, 6.45) is 3.21. The molecule has 1 heterocycles. The number of carbonyl (C=O) groups excluding carboxylic acids is 1. The van der Waals surface area contributed by atoms with Gasteiger partial charge in [-0.15, -0.1) is 12.4 Å². The number of benzene rings is 1. The highest BCUT2D eigenvalue weighted by atomic mass is 79.9. The molecule has 0 aromatic heterocycles. The van der Waals surface area contributed by atoms with Crippen molar-refractivity contribution in [2.75, 3.05) is 20.7 Å². The number of nitrogens with one attached hydrogen (secondary N) is 1. The molecule has 0 aliphatic carbocycles. The van der Waals surface area contributed by atoms with E-state index in [1.165, 1.54) is 0 Å². The molecular weight excluding hydrogens is 356 g/mol. The summed E-state index contributed by atoms with van der Waals surface area (Å²) in [7, 11) is 3.50. The molecule has 4 nitrogen and oxygen atoms in total. The molecule has 2 rings (SSSR count). The first-order valence-corrected chi connectivity index (χ1v) is 7.72. The largest absolute Gasteiger partial charge is 0.496 e. The van der Waals surface area contributed by atoms with Crippen LogP contribution in [0.15, 0.2) is 22.7 Å². The van der Waals surface area contributed by atoms with Gasteiger partial charge in [-0.25, -0.2) is 0 Å². The standard InChI is InChI=1S/C15H21BrN2O2.ClH/c1-18(15(19)13-5-3-4-8-17-13)10-11-9-12(16)6-7-14(11)20-2;/h6-7,9,13,17H,3-5,8,10H2,1-2H3;1H/t13-;/m0./s1. The molecule has 0 bridgehead atoms. The Morgan fingerprint density at radius 2 is 2.24 bits per heavy atom. The molecule has 1 aliphatic heterocycles. The maximum atomic E-state index is 12.4. The summed E-state index contributed by atoms with van der Waals surface area (Å²) in [4.78, 5) is 14.2. The van der Waals surface area contributed by atoms with Crippen molar-refractivity contribution in [3.05, 3.63) is 28.2 Å². The molecule has 1 aliphatic rings. The van der Waals surface area contributed by atoms with Gasteiger partial charge in [0, 0.05) is 23.6 Å². The second-order valence-electron chi connectivity index (χ2n) is 5.15. The van der Waals surface area contributed by atoms with Gasteiger partial charge in [0.25, 0.3) is 0 Å². The Morgan fingerprint density at radius 3 is 2.86 bits per heavy atom. The maximum Gasteiger partial charge on any atom is 0.239 e. The Bertz CT molecular complexity index is 479. The molecule has 0 unspecified atom stereocenters. The van der Waals surface area contributed by atoms with E-state index in [0.717, 1.165) is 41.6 Å². The van der Waals surface area contributed by atoms with Crippen molar-refractivity contribution in [2.24, 2.45) is 0 Å². The number of nitrogens with zero attached hydrogens (tertiary/aromatic N) is 1. The number of hydrogen-bond donors (Lipinski definition) is 1. The highest BCUT2D eigenvalue weighted by Crippen LogP contribution is 2.24. The zero-order valence-electron chi connectivity index (χ0n) is 12.4. The van der Waals surface area contributed by atoms with Gasteiger partial charge in [0.2, 0.25) is 5.91 Å². The van der Waals surface area contributed by atoms with Crippen LogP contribution in [0.2, 0.25) is 0 Å². The lowest BCUT2D eigenvalue weighted by atomic mass is 10.0. The molecule has 0 spiro atoms. The van der Waals surface area contributed by atoms with Crippen LogP contribution in [0.25, 0.3) is 0 Å². The average molecular weight is 378 g/mol.